The Morgan fingerprint density at radius 2 is 1.88 bits per heavy atom. The van der Waals surface area contributed by atoms with Crippen LogP contribution >= 0.6 is 0 Å². The number of benzene rings is 1. The van der Waals surface area contributed by atoms with Gasteiger partial charge in [0, 0.05) is 31.4 Å². The molecular formula is C25H34N2O6. The summed E-state index contributed by atoms with van der Waals surface area (Å²) in [7, 11) is 0. The first-order chi connectivity index (χ1) is 15.6. The van der Waals surface area contributed by atoms with E-state index in [9.17, 15) is 14.4 Å². The van der Waals surface area contributed by atoms with Crippen LogP contribution in [0.2, 0.25) is 0 Å². The van der Waals surface area contributed by atoms with Crippen LogP contribution in [0, 0.1) is 0 Å². The highest BCUT2D eigenvalue weighted by atomic mass is 16.7. The summed E-state index contributed by atoms with van der Waals surface area (Å²) >= 11 is 0. The van der Waals surface area contributed by atoms with Gasteiger partial charge < -0.3 is 24.8 Å². The number of carbonyl (C=O) groups excluding carboxylic acids is 3. The molecule has 180 valence electrons. The average Bonchev–Trinajstić information content (AvgIpc) is 3.32. The fourth-order valence-electron chi connectivity index (χ4n) is 5.14. The first-order valence-corrected chi connectivity index (χ1v) is 11.8. The maximum absolute atomic E-state index is 13.0. The summed E-state index contributed by atoms with van der Waals surface area (Å²) in [5.41, 5.74) is 7.70. The van der Waals surface area contributed by atoms with Crippen LogP contribution in [0.3, 0.4) is 0 Å². The molecule has 1 saturated carbocycles. The van der Waals surface area contributed by atoms with Crippen LogP contribution in [-0.2, 0) is 30.3 Å². The van der Waals surface area contributed by atoms with Gasteiger partial charge in [0.2, 0.25) is 5.91 Å². The van der Waals surface area contributed by atoms with Crippen LogP contribution in [0.25, 0.3) is 0 Å². The molecule has 1 aliphatic carbocycles. The number of primary amides is 1. The second kappa shape index (κ2) is 9.06. The third-order valence-corrected chi connectivity index (χ3v) is 6.74. The highest BCUT2D eigenvalue weighted by Gasteiger charge is 2.41. The second-order valence-electron chi connectivity index (χ2n) is 10.3. The number of amides is 2. The Morgan fingerprint density at radius 1 is 1.21 bits per heavy atom. The molecule has 2 amide bonds. The number of hydrogen-bond donors (Lipinski definition) is 1. The van der Waals surface area contributed by atoms with Crippen LogP contribution < -0.4 is 5.73 Å². The molecule has 0 bridgehead atoms. The van der Waals surface area contributed by atoms with E-state index in [1.807, 2.05) is 12.1 Å². The Bertz CT molecular complexity index is 921. The molecule has 1 aromatic carbocycles. The fourth-order valence-corrected chi connectivity index (χ4v) is 5.14. The number of carbonyl (C=O) groups is 3. The van der Waals surface area contributed by atoms with Gasteiger partial charge in [0.25, 0.3) is 5.91 Å². The third kappa shape index (κ3) is 5.22. The number of nitrogens with two attached hydrogens (primary N) is 1. The minimum atomic E-state index is -0.855. The van der Waals surface area contributed by atoms with Gasteiger partial charge in [-0.25, -0.2) is 0 Å². The lowest BCUT2D eigenvalue weighted by Gasteiger charge is -2.35. The molecule has 0 radical (unpaired) electrons. The largest absolute Gasteiger partial charge is 0.460 e. The molecule has 8 heteroatoms. The van der Waals surface area contributed by atoms with Gasteiger partial charge in [0.1, 0.15) is 11.6 Å². The predicted octanol–water partition coefficient (Wildman–Crippen LogP) is 3.02. The van der Waals surface area contributed by atoms with Gasteiger partial charge in [0.15, 0.2) is 5.79 Å². The smallest absolute Gasteiger partial charge is 0.306 e. The molecule has 1 saturated heterocycles. The average molecular weight is 459 g/mol. The van der Waals surface area contributed by atoms with Gasteiger partial charge in [-0.1, -0.05) is 12.1 Å². The van der Waals surface area contributed by atoms with E-state index < -0.39 is 29.3 Å². The topological polar surface area (TPSA) is 108 Å². The fraction of sp³-hybridized carbons (Fsp3) is 0.640. The van der Waals surface area contributed by atoms with E-state index in [0.717, 1.165) is 31.2 Å². The van der Waals surface area contributed by atoms with Crippen LogP contribution in [-0.4, -0.2) is 53.3 Å². The van der Waals surface area contributed by atoms with E-state index in [2.05, 4.69) is 6.07 Å². The van der Waals surface area contributed by atoms with Crippen LogP contribution in [0.1, 0.15) is 86.7 Å². The molecule has 1 spiro atoms. The number of hydrogen-bond acceptors (Lipinski definition) is 6. The number of fused-ring (bicyclic) bond motifs is 1. The Morgan fingerprint density at radius 3 is 2.48 bits per heavy atom. The summed E-state index contributed by atoms with van der Waals surface area (Å²) in [6.07, 6.45) is 3.83. The standard InChI is InChI=1S/C25H34N2O6/c1-24(2,3)33-21(28)7-6-20(22(26)29)27-15-18-14-17(4-5-19(18)23(27)30)16-8-10-25(11-9-16)31-12-13-32-25/h4-5,14,16,20H,6-13,15H2,1-3H3,(H2,26,29)/t20-/m0/s1. The van der Waals surface area contributed by atoms with Crippen molar-refractivity contribution in [1.82, 2.24) is 4.90 Å². The number of nitrogens with zero attached hydrogens (tertiary/aromatic N) is 1. The molecule has 2 N–H and O–H groups in total. The summed E-state index contributed by atoms with van der Waals surface area (Å²) < 4.78 is 17.0. The van der Waals surface area contributed by atoms with Crippen molar-refractivity contribution in [2.24, 2.45) is 5.73 Å². The van der Waals surface area contributed by atoms with E-state index in [-0.39, 0.29) is 18.7 Å². The summed E-state index contributed by atoms with van der Waals surface area (Å²) in [5, 5.41) is 0. The number of ether oxygens (including phenoxy) is 3. The van der Waals surface area contributed by atoms with Crippen molar-refractivity contribution in [3.63, 3.8) is 0 Å². The normalized spacial score (nSPS) is 21.3. The molecule has 1 aromatic rings. The molecule has 2 heterocycles. The predicted molar refractivity (Wildman–Crippen MR) is 120 cm³/mol. The van der Waals surface area contributed by atoms with Crippen molar-refractivity contribution in [1.29, 1.82) is 0 Å². The van der Waals surface area contributed by atoms with Crippen LogP contribution in [0.15, 0.2) is 18.2 Å². The minimum absolute atomic E-state index is 0.0181. The van der Waals surface area contributed by atoms with E-state index in [0.29, 0.717) is 31.2 Å². The molecule has 3 aliphatic rings. The number of esters is 1. The van der Waals surface area contributed by atoms with Crippen molar-refractivity contribution in [2.45, 2.75) is 89.2 Å². The lowest BCUT2D eigenvalue weighted by molar-refractivity contribution is -0.178. The first kappa shape index (κ1) is 23.7. The van der Waals surface area contributed by atoms with Crippen LogP contribution in [0.5, 0.6) is 0 Å². The van der Waals surface area contributed by atoms with Gasteiger partial charge in [-0.15, -0.1) is 0 Å². The van der Waals surface area contributed by atoms with E-state index in [1.54, 1.807) is 20.8 Å². The lowest BCUT2D eigenvalue weighted by Crippen LogP contribution is -2.45. The van der Waals surface area contributed by atoms with Crippen molar-refractivity contribution in [2.75, 3.05) is 13.2 Å². The van der Waals surface area contributed by atoms with Crippen molar-refractivity contribution < 1.29 is 28.6 Å². The molecule has 2 aliphatic heterocycles. The number of rotatable bonds is 6. The Kier molecular flexibility index (Phi) is 6.51. The highest BCUT2D eigenvalue weighted by Crippen LogP contribution is 2.43. The summed E-state index contributed by atoms with van der Waals surface area (Å²) in [6.45, 7) is 7.00. The van der Waals surface area contributed by atoms with Gasteiger partial charge in [-0.2, -0.15) is 0 Å². The monoisotopic (exact) mass is 458 g/mol. The quantitative estimate of drug-likeness (QED) is 0.657. The minimum Gasteiger partial charge on any atom is -0.460 e. The summed E-state index contributed by atoms with van der Waals surface area (Å²) in [4.78, 5) is 38.8. The van der Waals surface area contributed by atoms with Crippen LogP contribution in [0.4, 0.5) is 0 Å². The van der Waals surface area contributed by atoms with Gasteiger partial charge in [0.05, 0.1) is 13.2 Å². The van der Waals surface area contributed by atoms with E-state index in [1.165, 1.54) is 10.5 Å². The second-order valence-corrected chi connectivity index (χ2v) is 10.3. The SMILES string of the molecule is CC(C)(C)OC(=O)CC[C@@H](C(N)=O)N1Cc2cc(C3CCC4(CC3)OCCO4)ccc2C1=O. The van der Waals surface area contributed by atoms with Gasteiger partial charge in [-0.3, -0.25) is 14.4 Å². The summed E-state index contributed by atoms with van der Waals surface area (Å²) in [6, 6.07) is 5.09. The van der Waals surface area contributed by atoms with Gasteiger partial charge in [-0.05, 0) is 63.1 Å². The maximum atomic E-state index is 13.0. The maximum Gasteiger partial charge on any atom is 0.306 e. The first-order valence-electron chi connectivity index (χ1n) is 11.8. The molecule has 8 nitrogen and oxygen atoms in total. The van der Waals surface area contributed by atoms with E-state index in [4.69, 9.17) is 19.9 Å². The zero-order valence-electron chi connectivity index (χ0n) is 19.7. The zero-order valence-corrected chi connectivity index (χ0v) is 19.7. The Hall–Kier alpha value is -2.45. The molecule has 1 atom stereocenters. The van der Waals surface area contributed by atoms with Crippen molar-refractivity contribution in [3.05, 3.63) is 34.9 Å². The summed E-state index contributed by atoms with van der Waals surface area (Å²) in [5.74, 6) is -1.26. The zero-order chi connectivity index (χ0) is 23.8. The van der Waals surface area contributed by atoms with Gasteiger partial charge >= 0.3 is 5.97 Å². The van der Waals surface area contributed by atoms with Crippen molar-refractivity contribution in [3.8, 4) is 0 Å². The highest BCUT2D eigenvalue weighted by molar-refractivity contribution is 6.01. The molecule has 4 rings (SSSR count). The molecular weight excluding hydrogens is 424 g/mol. The van der Waals surface area contributed by atoms with E-state index >= 15 is 0 Å². The Labute approximate surface area is 194 Å². The molecule has 0 unspecified atom stereocenters. The van der Waals surface area contributed by atoms with Crippen molar-refractivity contribution >= 4 is 17.8 Å². The molecule has 2 fully saturated rings. The Balaban J connectivity index is 1.41. The molecule has 0 aromatic heterocycles. The molecule has 33 heavy (non-hydrogen) atoms. The lowest BCUT2D eigenvalue weighted by atomic mass is 9.80. The third-order valence-electron chi connectivity index (χ3n) is 6.74.